The molecule has 23 heavy (non-hydrogen) atoms. The highest BCUT2D eigenvalue weighted by Crippen LogP contribution is 2.21. The van der Waals surface area contributed by atoms with Gasteiger partial charge in [-0.05, 0) is 24.3 Å². The van der Waals surface area contributed by atoms with Crippen molar-refractivity contribution >= 4 is 11.8 Å². The number of non-ortho nitro benzene ring substituents is 1. The normalized spacial score (nSPS) is 10.3. The molecule has 0 saturated heterocycles. The van der Waals surface area contributed by atoms with Gasteiger partial charge in [-0.15, -0.1) is 0 Å². The number of carbonyl (C=O) groups is 1. The van der Waals surface area contributed by atoms with Crippen LogP contribution >= 0.6 is 0 Å². The average Bonchev–Trinajstić information content (AvgIpc) is 3.06. The Labute approximate surface area is 130 Å². The lowest BCUT2D eigenvalue weighted by Crippen LogP contribution is -2.14. The standard InChI is InChI=1S/C16H11N3O4/c20-16(23-14-4-2-1-3-5-14)18-10-15(17-11-18)12-6-8-13(9-7-12)19(21)22/h1-11H. The number of imidazole rings is 1. The van der Waals surface area contributed by atoms with Crippen LogP contribution in [0.1, 0.15) is 0 Å². The lowest BCUT2D eigenvalue weighted by Gasteiger charge is -2.03. The zero-order chi connectivity index (χ0) is 16.2. The molecule has 0 atom stereocenters. The summed E-state index contributed by atoms with van der Waals surface area (Å²) in [6.07, 6.45) is 2.26. The van der Waals surface area contributed by atoms with E-state index < -0.39 is 11.0 Å². The van der Waals surface area contributed by atoms with Crippen molar-refractivity contribution < 1.29 is 14.5 Å². The van der Waals surface area contributed by atoms with Crippen LogP contribution in [0.4, 0.5) is 10.5 Å². The van der Waals surface area contributed by atoms with Crippen LogP contribution in [0, 0.1) is 10.1 Å². The molecule has 0 spiro atoms. The molecule has 3 rings (SSSR count). The number of para-hydroxylation sites is 1. The van der Waals surface area contributed by atoms with Crippen molar-refractivity contribution in [2.75, 3.05) is 0 Å². The maximum absolute atomic E-state index is 12.0. The summed E-state index contributed by atoms with van der Waals surface area (Å²) >= 11 is 0. The van der Waals surface area contributed by atoms with Crippen molar-refractivity contribution in [1.29, 1.82) is 0 Å². The van der Waals surface area contributed by atoms with Gasteiger partial charge in [-0.1, -0.05) is 18.2 Å². The van der Waals surface area contributed by atoms with Crippen LogP contribution in [0.2, 0.25) is 0 Å². The third-order valence-corrected chi connectivity index (χ3v) is 3.12. The molecule has 7 heteroatoms. The predicted molar refractivity (Wildman–Crippen MR) is 82.2 cm³/mol. The molecule has 7 nitrogen and oxygen atoms in total. The second-order valence-corrected chi connectivity index (χ2v) is 4.65. The van der Waals surface area contributed by atoms with E-state index in [1.807, 2.05) is 6.07 Å². The van der Waals surface area contributed by atoms with Gasteiger partial charge in [-0.25, -0.2) is 14.3 Å². The Hall–Kier alpha value is -3.48. The van der Waals surface area contributed by atoms with Gasteiger partial charge in [-0.2, -0.15) is 0 Å². The van der Waals surface area contributed by atoms with Crippen molar-refractivity contribution in [3.8, 4) is 17.0 Å². The number of benzene rings is 2. The lowest BCUT2D eigenvalue weighted by atomic mass is 10.1. The first-order chi connectivity index (χ1) is 11.1. The van der Waals surface area contributed by atoms with Gasteiger partial charge in [0.05, 0.1) is 10.6 Å². The smallest absolute Gasteiger partial charge is 0.410 e. The predicted octanol–water partition coefficient (Wildman–Crippen LogP) is 3.51. The molecule has 1 aromatic heterocycles. The Morgan fingerprint density at radius 2 is 1.78 bits per heavy atom. The van der Waals surface area contributed by atoms with Crippen LogP contribution in [0.15, 0.2) is 67.1 Å². The second kappa shape index (κ2) is 6.10. The van der Waals surface area contributed by atoms with Gasteiger partial charge >= 0.3 is 6.09 Å². The summed E-state index contributed by atoms with van der Waals surface area (Å²) in [5.41, 5.74) is 1.18. The molecule has 0 fully saturated rings. The molecule has 0 amide bonds. The van der Waals surface area contributed by atoms with Crippen LogP contribution in [0.25, 0.3) is 11.3 Å². The van der Waals surface area contributed by atoms with Gasteiger partial charge < -0.3 is 4.74 Å². The van der Waals surface area contributed by atoms with Gasteiger partial charge in [0.2, 0.25) is 0 Å². The Balaban J connectivity index is 1.77. The van der Waals surface area contributed by atoms with E-state index in [9.17, 15) is 14.9 Å². The van der Waals surface area contributed by atoms with E-state index in [4.69, 9.17) is 4.74 Å². The summed E-state index contributed by atoms with van der Waals surface area (Å²) in [7, 11) is 0. The molecule has 2 aromatic carbocycles. The van der Waals surface area contributed by atoms with Gasteiger partial charge in [0.25, 0.3) is 5.69 Å². The quantitative estimate of drug-likeness (QED) is 0.546. The largest absolute Gasteiger partial charge is 0.424 e. The molecule has 0 aliphatic carbocycles. The summed E-state index contributed by atoms with van der Waals surface area (Å²) in [5, 5.41) is 10.6. The van der Waals surface area contributed by atoms with E-state index >= 15 is 0 Å². The summed E-state index contributed by atoms with van der Waals surface area (Å²) in [4.78, 5) is 26.3. The summed E-state index contributed by atoms with van der Waals surface area (Å²) in [5.74, 6) is 0.433. The van der Waals surface area contributed by atoms with Crippen LogP contribution in [-0.2, 0) is 0 Å². The number of aromatic nitrogens is 2. The topological polar surface area (TPSA) is 87.3 Å². The summed E-state index contributed by atoms with van der Waals surface area (Å²) < 4.78 is 6.41. The SMILES string of the molecule is O=C(Oc1ccccc1)n1cnc(-c2ccc([N+](=O)[O-])cc2)c1. The number of rotatable bonds is 3. The Morgan fingerprint density at radius 1 is 1.09 bits per heavy atom. The fourth-order valence-electron chi connectivity index (χ4n) is 1.97. The maximum Gasteiger partial charge on any atom is 0.424 e. The fourth-order valence-corrected chi connectivity index (χ4v) is 1.97. The molecule has 0 radical (unpaired) electrons. The molecular weight excluding hydrogens is 298 g/mol. The number of carbonyl (C=O) groups excluding carboxylic acids is 1. The van der Waals surface area contributed by atoms with Crippen LogP contribution in [0.3, 0.4) is 0 Å². The van der Waals surface area contributed by atoms with E-state index in [0.717, 1.165) is 0 Å². The monoisotopic (exact) mass is 309 g/mol. The van der Waals surface area contributed by atoms with E-state index in [0.29, 0.717) is 17.0 Å². The molecule has 0 N–H and O–H groups in total. The Kier molecular flexibility index (Phi) is 3.84. The van der Waals surface area contributed by atoms with E-state index in [2.05, 4.69) is 4.98 Å². The maximum atomic E-state index is 12.0. The molecular formula is C16H11N3O4. The van der Waals surface area contributed by atoms with E-state index in [1.165, 1.54) is 29.2 Å². The molecule has 0 bridgehead atoms. The molecule has 1 heterocycles. The molecule has 0 saturated carbocycles. The first-order valence-electron chi connectivity index (χ1n) is 6.69. The summed E-state index contributed by atoms with van der Waals surface area (Å²) in [6.45, 7) is 0. The van der Waals surface area contributed by atoms with E-state index in [-0.39, 0.29) is 5.69 Å². The van der Waals surface area contributed by atoms with Crippen molar-refractivity contribution in [1.82, 2.24) is 9.55 Å². The number of ether oxygens (including phenoxy) is 1. The van der Waals surface area contributed by atoms with Crippen molar-refractivity contribution in [3.63, 3.8) is 0 Å². The highest BCUT2D eigenvalue weighted by molar-refractivity contribution is 5.74. The number of hydrogen-bond acceptors (Lipinski definition) is 5. The number of nitrogens with zero attached hydrogens (tertiary/aromatic N) is 3. The van der Waals surface area contributed by atoms with Gasteiger partial charge in [0.15, 0.2) is 0 Å². The third-order valence-electron chi connectivity index (χ3n) is 3.12. The minimum absolute atomic E-state index is 0.00308. The van der Waals surface area contributed by atoms with Gasteiger partial charge in [-0.3, -0.25) is 10.1 Å². The van der Waals surface area contributed by atoms with Crippen molar-refractivity contribution in [2.45, 2.75) is 0 Å². The number of nitro benzene ring substituents is 1. The molecule has 0 aliphatic heterocycles. The van der Waals surface area contributed by atoms with Gasteiger partial charge in [0, 0.05) is 23.9 Å². The first kappa shape index (κ1) is 14.5. The summed E-state index contributed by atoms with van der Waals surface area (Å²) in [6, 6.07) is 14.6. The molecule has 3 aromatic rings. The third kappa shape index (κ3) is 3.24. The minimum atomic E-state index is -0.586. The zero-order valence-electron chi connectivity index (χ0n) is 11.8. The average molecular weight is 309 g/mol. The number of nitro groups is 1. The minimum Gasteiger partial charge on any atom is -0.410 e. The molecule has 0 unspecified atom stereocenters. The van der Waals surface area contributed by atoms with Gasteiger partial charge in [0.1, 0.15) is 12.1 Å². The fraction of sp³-hybridized carbons (Fsp3) is 0. The van der Waals surface area contributed by atoms with Crippen LogP contribution in [0.5, 0.6) is 5.75 Å². The first-order valence-corrected chi connectivity index (χ1v) is 6.69. The highest BCUT2D eigenvalue weighted by atomic mass is 16.6. The lowest BCUT2D eigenvalue weighted by molar-refractivity contribution is -0.384. The second-order valence-electron chi connectivity index (χ2n) is 4.65. The zero-order valence-corrected chi connectivity index (χ0v) is 11.8. The van der Waals surface area contributed by atoms with Crippen LogP contribution < -0.4 is 4.74 Å². The highest BCUT2D eigenvalue weighted by Gasteiger charge is 2.11. The van der Waals surface area contributed by atoms with Crippen molar-refractivity contribution in [2.24, 2.45) is 0 Å². The number of hydrogen-bond donors (Lipinski definition) is 0. The Bertz CT molecular complexity index is 841. The van der Waals surface area contributed by atoms with Crippen LogP contribution in [-0.4, -0.2) is 20.6 Å². The Morgan fingerprint density at radius 3 is 2.43 bits per heavy atom. The van der Waals surface area contributed by atoms with Crippen molar-refractivity contribution in [3.05, 3.63) is 77.2 Å². The molecule has 114 valence electrons. The molecule has 0 aliphatic rings. The van der Waals surface area contributed by atoms with E-state index in [1.54, 1.807) is 36.4 Å².